The van der Waals surface area contributed by atoms with E-state index in [4.69, 9.17) is 11.6 Å². The van der Waals surface area contributed by atoms with Crippen molar-refractivity contribution in [3.8, 4) is 0 Å². The summed E-state index contributed by atoms with van der Waals surface area (Å²) < 4.78 is 0. The van der Waals surface area contributed by atoms with Crippen molar-refractivity contribution in [2.75, 3.05) is 26.2 Å². The number of carbonyl (C=O) groups excluding carboxylic acids is 1. The lowest BCUT2D eigenvalue weighted by Crippen LogP contribution is -2.37. The van der Waals surface area contributed by atoms with Crippen molar-refractivity contribution in [1.82, 2.24) is 14.8 Å². The maximum Gasteiger partial charge on any atom is 0.225 e. The molecule has 1 amide bonds. The topological polar surface area (TPSA) is 36.4 Å². The maximum atomic E-state index is 12.2. The first-order valence-electron chi connectivity index (χ1n) is 8.59. The number of fused-ring (bicyclic) bond motifs is 1. The average molecular weight is 346 g/mol. The van der Waals surface area contributed by atoms with Crippen molar-refractivity contribution >= 4 is 28.4 Å². The molecule has 3 rings (SSSR count). The monoisotopic (exact) mass is 345 g/mol. The number of amides is 1. The normalized spacial score (nSPS) is 16.6. The summed E-state index contributed by atoms with van der Waals surface area (Å²) in [6, 6.07) is 7.97. The predicted molar refractivity (Wildman–Crippen MR) is 98.1 cm³/mol. The smallest absolute Gasteiger partial charge is 0.225 e. The third-order valence-corrected chi connectivity index (χ3v) is 4.95. The quantitative estimate of drug-likeness (QED) is 0.853. The molecule has 4 nitrogen and oxygen atoms in total. The number of aromatic nitrogens is 1. The van der Waals surface area contributed by atoms with Crippen LogP contribution in [0.25, 0.3) is 10.9 Å². The minimum Gasteiger partial charge on any atom is -0.341 e. The molecule has 1 saturated heterocycles. The molecule has 24 heavy (non-hydrogen) atoms. The van der Waals surface area contributed by atoms with Gasteiger partial charge in [0.15, 0.2) is 0 Å². The van der Waals surface area contributed by atoms with Crippen LogP contribution in [0.1, 0.15) is 25.8 Å². The molecular weight excluding hydrogens is 322 g/mol. The van der Waals surface area contributed by atoms with Crippen molar-refractivity contribution in [3.63, 3.8) is 0 Å². The lowest BCUT2D eigenvalue weighted by molar-refractivity contribution is -0.134. The summed E-state index contributed by atoms with van der Waals surface area (Å²) in [5.74, 6) is 0.315. The Hall–Kier alpha value is -1.65. The van der Waals surface area contributed by atoms with Gasteiger partial charge in [-0.1, -0.05) is 37.6 Å². The SMILES string of the molecule is CC(C)C(=O)N1CCCN(Cc2c(Cl)ccc3cccnc23)CC1. The Bertz CT molecular complexity index is 732. The predicted octanol–water partition coefficient (Wildman–Crippen LogP) is 3.58. The standard InChI is InChI=1S/C19H24ClN3O/c1-14(2)19(24)23-10-4-9-22(11-12-23)13-16-17(20)7-6-15-5-3-8-21-18(15)16/h3,5-8,14H,4,9-13H2,1-2H3. The Labute approximate surface area is 148 Å². The zero-order valence-electron chi connectivity index (χ0n) is 14.3. The fourth-order valence-corrected chi connectivity index (χ4v) is 3.48. The molecule has 1 aromatic heterocycles. The molecule has 1 aliphatic rings. The fraction of sp³-hybridized carbons (Fsp3) is 0.474. The van der Waals surface area contributed by atoms with Crippen LogP contribution in [0.5, 0.6) is 0 Å². The molecule has 0 radical (unpaired) electrons. The zero-order valence-corrected chi connectivity index (χ0v) is 15.1. The number of benzene rings is 1. The van der Waals surface area contributed by atoms with E-state index in [-0.39, 0.29) is 11.8 Å². The Morgan fingerprint density at radius 1 is 1.21 bits per heavy atom. The molecule has 1 fully saturated rings. The summed E-state index contributed by atoms with van der Waals surface area (Å²) in [6.07, 6.45) is 2.81. The van der Waals surface area contributed by atoms with E-state index < -0.39 is 0 Å². The minimum absolute atomic E-state index is 0.0632. The molecule has 0 N–H and O–H groups in total. The van der Waals surface area contributed by atoms with Gasteiger partial charge in [0.25, 0.3) is 0 Å². The first kappa shape index (κ1) is 17.2. The van der Waals surface area contributed by atoms with Gasteiger partial charge in [0.05, 0.1) is 5.52 Å². The second kappa shape index (κ2) is 7.49. The highest BCUT2D eigenvalue weighted by Gasteiger charge is 2.22. The van der Waals surface area contributed by atoms with Crippen molar-refractivity contribution in [1.29, 1.82) is 0 Å². The molecule has 0 bridgehead atoms. The molecule has 1 aromatic carbocycles. The molecular formula is C19H24ClN3O. The highest BCUT2D eigenvalue weighted by Crippen LogP contribution is 2.26. The average Bonchev–Trinajstić information content (AvgIpc) is 2.82. The summed E-state index contributed by atoms with van der Waals surface area (Å²) in [4.78, 5) is 21.1. The highest BCUT2D eigenvalue weighted by molar-refractivity contribution is 6.32. The van der Waals surface area contributed by atoms with E-state index in [2.05, 4.69) is 16.0 Å². The second-order valence-electron chi connectivity index (χ2n) is 6.71. The van der Waals surface area contributed by atoms with Crippen LogP contribution in [-0.4, -0.2) is 46.9 Å². The van der Waals surface area contributed by atoms with Crippen molar-refractivity contribution in [2.45, 2.75) is 26.8 Å². The van der Waals surface area contributed by atoms with Gasteiger partial charge in [-0.2, -0.15) is 0 Å². The van der Waals surface area contributed by atoms with Gasteiger partial charge < -0.3 is 4.90 Å². The van der Waals surface area contributed by atoms with Gasteiger partial charge in [-0.15, -0.1) is 0 Å². The van der Waals surface area contributed by atoms with Crippen molar-refractivity contribution in [2.24, 2.45) is 5.92 Å². The van der Waals surface area contributed by atoms with Crippen molar-refractivity contribution < 1.29 is 4.79 Å². The lowest BCUT2D eigenvalue weighted by Gasteiger charge is -2.24. The Kier molecular flexibility index (Phi) is 5.36. The third-order valence-electron chi connectivity index (χ3n) is 4.60. The number of pyridine rings is 1. The maximum absolute atomic E-state index is 12.2. The number of hydrogen-bond acceptors (Lipinski definition) is 3. The number of halogens is 1. The number of carbonyl (C=O) groups is 1. The largest absolute Gasteiger partial charge is 0.341 e. The van der Waals surface area contributed by atoms with Crippen LogP contribution < -0.4 is 0 Å². The Balaban J connectivity index is 1.75. The van der Waals surface area contributed by atoms with Crippen LogP contribution in [0.2, 0.25) is 5.02 Å². The second-order valence-corrected chi connectivity index (χ2v) is 7.12. The summed E-state index contributed by atoms with van der Waals surface area (Å²) in [5.41, 5.74) is 2.06. The third kappa shape index (κ3) is 3.70. The van der Waals surface area contributed by atoms with Gasteiger partial charge in [0.2, 0.25) is 5.91 Å². The Morgan fingerprint density at radius 3 is 2.83 bits per heavy atom. The molecule has 1 aliphatic heterocycles. The highest BCUT2D eigenvalue weighted by atomic mass is 35.5. The van der Waals surface area contributed by atoms with Gasteiger partial charge in [-0.3, -0.25) is 14.7 Å². The fourth-order valence-electron chi connectivity index (χ4n) is 3.27. The summed E-state index contributed by atoms with van der Waals surface area (Å²) in [7, 11) is 0. The Morgan fingerprint density at radius 2 is 2.04 bits per heavy atom. The molecule has 0 unspecified atom stereocenters. The van der Waals surface area contributed by atoms with E-state index in [1.54, 1.807) is 0 Å². The number of hydrogen-bond donors (Lipinski definition) is 0. The van der Waals surface area contributed by atoms with Crippen LogP contribution in [0.3, 0.4) is 0 Å². The van der Waals surface area contributed by atoms with E-state index in [9.17, 15) is 4.79 Å². The molecule has 0 atom stereocenters. The summed E-state index contributed by atoms with van der Waals surface area (Å²) in [6.45, 7) is 8.18. The molecule has 2 aromatic rings. The van der Waals surface area contributed by atoms with Crippen molar-refractivity contribution in [3.05, 3.63) is 41.0 Å². The van der Waals surface area contributed by atoms with E-state index in [0.29, 0.717) is 0 Å². The molecule has 0 spiro atoms. The van der Waals surface area contributed by atoms with E-state index in [1.165, 1.54) is 0 Å². The van der Waals surface area contributed by atoms with Crippen LogP contribution in [0.15, 0.2) is 30.5 Å². The van der Waals surface area contributed by atoms with E-state index in [0.717, 1.165) is 60.6 Å². The summed E-state index contributed by atoms with van der Waals surface area (Å²) >= 11 is 6.45. The molecule has 0 saturated carbocycles. The first-order chi connectivity index (χ1) is 11.6. The van der Waals surface area contributed by atoms with Gasteiger partial charge in [-0.25, -0.2) is 0 Å². The van der Waals surface area contributed by atoms with Crippen LogP contribution >= 0.6 is 11.6 Å². The number of nitrogens with zero attached hydrogens (tertiary/aromatic N) is 3. The molecule has 5 heteroatoms. The van der Waals surface area contributed by atoms with Crippen LogP contribution in [0.4, 0.5) is 0 Å². The number of rotatable bonds is 3. The van der Waals surface area contributed by atoms with Crippen LogP contribution in [0, 0.1) is 5.92 Å². The van der Waals surface area contributed by atoms with Gasteiger partial charge in [0, 0.05) is 60.8 Å². The van der Waals surface area contributed by atoms with E-state index >= 15 is 0 Å². The van der Waals surface area contributed by atoms with Gasteiger partial charge >= 0.3 is 0 Å². The van der Waals surface area contributed by atoms with E-state index in [1.807, 2.05) is 43.1 Å². The zero-order chi connectivity index (χ0) is 17.1. The summed E-state index contributed by atoms with van der Waals surface area (Å²) in [5, 5.41) is 1.88. The van der Waals surface area contributed by atoms with Gasteiger partial charge in [-0.05, 0) is 18.6 Å². The molecule has 2 heterocycles. The minimum atomic E-state index is 0.0632. The molecule has 0 aliphatic carbocycles. The lowest BCUT2D eigenvalue weighted by atomic mass is 10.1. The van der Waals surface area contributed by atoms with Crippen LogP contribution in [-0.2, 0) is 11.3 Å². The first-order valence-corrected chi connectivity index (χ1v) is 8.97. The molecule has 128 valence electrons. The van der Waals surface area contributed by atoms with Gasteiger partial charge in [0.1, 0.15) is 0 Å².